The lowest BCUT2D eigenvalue weighted by Gasteiger charge is -2.18. The molecule has 0 aliphatic heterocycles. The van der Waals surface area contributed by atoms with Crippen LogP contribution in [0.4, 0.5) is 0 Å². The molecule has 1 aliphatic carbocycles. The number of thioether (sulfide) groups is 1. The molecule has 2 aromatic rings. The molecule has 0 saturated heterocycles. The number of aryl methyl sites for hydroxylation is 2. The molecule has 28 heavy (non-hydrogen) atoms. The average Bonchev–Trinajstić information content (AvgIpc) is 2.68. The Morgan fingerprint density at radius 2 is 2.00 bits per heavy atom. The summed E-state index contributed by atoms with van der Waals surface area (Å²) in [6.07, 6.45) is 5.40. The first-order valence-corrected chi connectivity index (χ1v) is 10.5. The maximum absolute atomic E-state index is 12.3. The molecule has 0 radical (unpaired) electrons. The van der Waals surface area contributed by atoms with Gasteiger partial charge in [0.25, 0.3) is 5.91 Å². The summed E-state index contributed by atoms with van der Waals surface area (Å²) in [5.74, 6) is -0.908. The molecular formula is C20H23NO6S. The second kappa shape index (κ2) is 8.68. The van der Waals surface area contributed by atoms with Gasteiger partial charge in [-0.05, 0) is 56.6 Å². The van der Waals surface area contributed by atoms with E-state index in [2.05, 4.69) is 5.32 Å². The predicted molar refractivity (Wildman–Crippen MR) is 107 cm³/mol. The third-order valence-corrected chi connectivity index (χ3v) is 5.58. The summed E-state index contributed by atoms with van der Waals surface area (Å²) < 4.78 is 11.1. The van der Waals surface area contributed by atoms with Gasteiger partial charge in [0.15, 0.2) is 6.61 Å². The molecular weight excluding hydrogens is 382 g/mol. The second-order valence-corrected chi connectivity index (χ2v) is 7.73. The Morgan fingerprint density at radius 1 is 1.29 bits per heavy atom. The fraction of sp³-hybridized carbons (Fsp3) is 0.450. The minimum Gasteiger partial charge on any atom is -0.483 e. The summed E-state index contributed by atoms with van der Waals surface area (Å²) >= 11 is 1.33. The minimum absolute atomic E-state index is 0.270. The number of carbonyl (C=O) groups is 2. The standard InChI is InChI=1S/C20H23NO6S/c1-11-16(26-9-17(22)21-15(10-28-2)19(23)24)8-7-13-12-5-3-4-6-14(12)20(25)27-18(11)13/h7-8,15H,3-6,9-10H2,1-2H3,(H,21,22)(H,23,24). The molecule has 0 spiro atoms. The number of ether oxygens (including phenoxy) is 1. The van der Waals surface area contributed by atoms with Gasteiger partial charge in [-0.2, -0.15) is 11.8 Å². The number of amides is 1. The molecule has 0 fully saturated rings. The number of hydrogen-bond donors (Lipinski definition) is 2. The molecule has 1 aliphatic rings. The number of nitrogens with one attached hydrogen (secondary N) is 1. The zero-order valence-electron chi connectivity index (χ0n) is 15.9. The Hall–Kier alpha value is -2.48. The highest BCUT2D eigenvalue weighted by molar-refractivity contribution is 7.98. The number of carboxylic acid groups (broad SMARTS) is 1. The lowest BCUT2D eigenvalue weighted by Crippen LogP contribution is -2.44. The normalized spacial score (nSPS) is 14.4. The van der Waals surface area contributed by atoms with E-state index in [0.717, 1.165) is 42.2 Å². The van der Waals surface area contributed by atoms with Crippen molar-refractivity contribution in [3.63, 3.8) is 0 Å². The number of rotatable bonds is 7. The average molecular weight is 405 g/mol. The van der Waals surface area contributed by atoms with E-state index in [1.165, 1.54) is 11.8 Å². The quantitative estimate of drug-likeness (QED) is 0.681. The van der Waals surface area contributed by atoms with Gasteiger partial charge in [0.2, 0.25) is 0 Å². The zero-order valence-corrected chi connectivity index (χ0v) is 16.7. The van der Waals surface area contributed by atoms with Crippen molar-refractivity contribution in [2.75, 3.05) is 18.6 Å². The first-order valence-electron chi connectivity index (χ1n) is 9.14. The summed E-state index contributed by atoms with van der Waals surface area (Å²) in [6, 6.07) is 2.65. The molecule has 1 aromatic carbocycles. The van der Waals surface area contributed by atoms with Crippen LogP contribution >= 0.6 is 11.8 Å². The Bertz CT molecular complexity index is 967. The molecule has 150 valence electrons. The van der Waals surface area contributed by atoms with Crippen LogP contribution in [0.25, 0.3) is 11.0 Å². The highest BCUT2D eigenvalue weighted by Crippen LogP contribution is 2.32. The maximum Gasteiger partial charge on any atom is 0.339 e. The smallest absolute Gasteiger partial charge is 0.339 e. The van der Waals surface area contributed by atoms with Crippen molar-refractivity contribution in [2.24, 2.45) is 0 Å². The van der Waals surface area contributed by atoms with Crippen molar-refractivity contribution in [3.05, 3.63) is 39.2 Å². The fourth-order valence-electron chi connectivity index (χ4n) is 3.50. The Balaban J connectivity index is 1.79. The molecule has 0 bridgehead atoms. The van der Waals surface area contributed by atoms with E-state index in [9.17, 15) is 14.4 Å². The maximum atomic E-state index is 12.3. The molecule has 7 nitrogen and oxygen atoms in total. The lowest BCUT2D eigenvalue weighted by molar-refractivity contribution is -0.141. The number of carboxylic acids is 1. The van der Waals surface area contributed by atoms with E-state index < -0.39 is 17.9 Å². The van der Waals surface area contributed by atoms with Crippen molar-refractivity contribution in [3.8, 4) is 5.75 Å². The van der Waals surface area contributed by atoms with Gasteiger partial charge in [-0.1, -0.05) is 0 Å². The number of hydrogen-bond acceptors (Lipinski definition) is 6. The summed E-state index contributed by atoms with van der Waals surface area (Å²) in [4.78, 5) is 35.5. The van der Waals surface area contributed by atoms with E-state index >= 15 is 0 Å². The molecule has 1 amide bonds. The van der Waals surface area contributed by atoms with Crippen LogP contribution in [0.15, 0.2) is 21.3 Å². The van der Waals surface area contributed by atoms with Crippen molar-refractivity contribution in [2.45, 2.75) is 38.6 Å². The first-order chi connectivity index (χ1) is 13.4. The van der Waals surface area contributed by atoms with Crippen LogP contribution in [-0.2, 0) is 22.4 Å². The number of benzene rings is 1. The van der Waals surface area contributed by atoms with Gasteiger partial charge in [0.05, 0.1) is 0 Å². The number of aliphatic carboxylic acids is 1. The van der Waals surface area contributed by atoms with Crippen LogP contribution < -0.4 is 15.7 Å². The molecule has 1 unspecified atom stereocenters. The summed E-state index contributed by atoms with van der Waals surface area (Å²) in [6.45, 7) is 1.46. The van der Waals surface area contributed by atoms with Gasteiger partial charge in [-0.15, -0.1) is 0 Å². The third-order valence-electron chi connectivity index (χ3n) is 4.92. The number of fused-ring (bicyclic) bond motifs is 3. The third kappa shape index (κ3) is 4.16. The molecule has 1 atom stereocenters. The minimum atomic E-state index is -1.09. The van der Waals surface area contributed by atoms with Crippen molar-refractivity contribution in [1.29, 1.82) is 0 Å². The Labute approximate surface area is 166 Å². The Morgan fingerprint density at radius 3 is 2.68 bits per heavy atom. The van der Waals surface area contributed by atoms with Crippen LogP contribution in [0.2, 0.25) is 0 Å². The summed E-state index contributed by atoms with van der Waals surface area (Å²) in [5.41, 5.74) is 2.64. The van der Waals surface area contributed by atoms with Gasteiger partial charge >= 0.3 is 11.6 Å². The van der Waals surface area contributed by atoms with Crippen molar-refractivity contribution < 1.29 is 23.8 Å². The summed E-state index contributed by atoms with van der Waals surface area (Å²) in [5, 5.41) is 12.5. The Kier molecular flexibility index (Phi) is 6.28. The fourth-order valence-corrected chi connectivity index (χ4v) is 4.06. The van der Waals surface area contributed by atoms with Crippen molar-refractivity contribution >= 4 is 34.6 Å². The highest BCUT2D eigenvalue weighted by atomic mass is 32.2. The lowest BCUT2D eigenvalue weighted by atomic mass is 9.90. The van der Waals surface area contributed by atoms with Crippen molar-refractivity contribution in [1.82, 2.24) is 5.32 Å². The van der Waals surface area contributed by atoms with Crippen LogP contribution in [0.3, 0.4) is 0 Å². The van der Waals surface area contributed by atoms with E-state index in [4.69, 9.17) is 14.3 Å². The zero-order chi connectivity index (χ0) is 20.3. The molecule has 8 heteroatoms. The summed E-state index contributed by atoms with van der Waals surface area (Å²) in [7, 11) is 0. The van der Waals surface area contributed by atoms with E-state index in [1.807, 2.05) is 6.07 Å². The molecule has 3 rings (SSSR count). The van der Waals surface area contributed by atoms with Gasteiger partial charge in [0.1, 0.15) is 17.4 Å². The molecule has 1 aromatic heterocycles. The predicted octanol–water partition coefficient (Wildman–Crippen LogP) is 2.29. The SMILES string of the molecule is CSCC(NC(=O)COc1ccc2c3c(c(=O)oc2c1C)CCCC3)C(=O)O. The van der Waals surface area contributed by atoms with Crippen LogP contribution in [-0.4, -0.2) is 41.6 Å². The van der Waals surface area contributed by atoms with Crippen LogP contribution in [0.5, 0.6) is 5.75 Å². The highest BCUT2D eigenvalue weighted by Gasteiger charge is 2.21. The topological polar surface area (TPSA) is 106 Å². The van der Waals surface area contributed by atoms with Crippen LogP contribution in [0.1, 0.15) is 29.5 Å². The van der Waals surface area contributed by atoms with Gasteiger partial charge in [-0.3, -0.25) is 4.79 Å². The first kappa shape index (κ1) is 20.3. The largest absolute Gasteiger partial charge is 0.483 e. The monoisotopic (exact) mass is 405 g/mol. The molecule has 1 heterocycles. The van der Waals surface area contributed by atoms with Gasteiger partial charge < -0.3 is 19.6 Å². The van der Waals surface area contributed by atoms with Crippen LogP contribution in [0, 0.1) is 6.92 Å². The van der Waals surface area contributed by atoms with E-state index in [1.54, 1.807) is 19.2 Å². The molecule has 0 saturated carbocycles. The van der Waals surface area contributed by atoms with Gasteiger partial charge in [0, 0.05) is 22.3 Å². The van der Waals surface area contributed by atoms with Gasteiger partial charge in [-0.25, -0.2) is 9.59 Å². The number of carbonyl (C=O) groups excluding carboxylic acids is 1. The van der Waals surface area contributed by atoms with E-state index in [-0.39, 0.29) is 18.0 Å². The second-order valence-electron chi connectivity index (χ2n) is 6.82. The molecule has 2 N–H and O–H groups in total. The van der Waals surface area contributed by atoms with E-state index in [0.29, 0.717) is 16.9 Å².